The number of amides is 1. The van der Waals surface area contributed by atoms with E-state index in [0.717, 1.165) is 12.8 Å². The van der Waals surface area contributed by atoms with Crippen molar-refractivity contribution in [3.05, 3.63) is 25.3 Å². The SMILES string of the molecule is C=CC(=O)CC(C)CCCN(C)C(=O)C=C. The first-order chi connectivity index (χ1) is 7.51. The molecule has 16 heavy (non-hydrogen) atoms. The van der Waals surface area contributed by atoms with Gasteiger partial charge in [-0.2, -0.15) is 0 Å². The molecule has 0 bridgehead atoms. The van der Waals surface area contributed by atoms with Gasteiger partial charge in [0.15, 0.2) is 5.78 Å². The van der Waals surface area contributed by atoms with Crippen LogP contribution in [0.25, 0.3) is 0 Å². The van der Waals surface area contributed by atoms with E-state index in [1.54, 1.807) is 11.9 Å². The summed E-state index contributed by atoms with van der Waals surface area (Å²) in [6.45, 7) is 9.62. The van der Waals surface area contributed by atoms with Crippen LogP contribution in [0.1, 0.15) is 26.2 Å². The Bertz CT molecular complexity index is 271. The molecule has 0 spiro atoms. The van der Waals surface area contributed by atoms with Crippen molar-refractivity contribution in [3.63, 3.8) is 0 Å². The van der Waals surface area contributed by atoms with E-state index >= 15 is 0 Å². The monoisotopic (exact) mass is 223 g/mol. The third kappa shape index (κ3) is 6.17. The Morgan fingerprint density at radius 2 is 1.94 bits per heavy atom. The lowest BCUT2D eigenvalue weighted by Gasteiger charge is -2.16. The van der Waals surface area contributed by atoms with Crippen LogP contribution in [0.4, 0.5) is 0 Å². The molecule has 0 fully saturated rings. The average molecular weight is 223 g/mol. The summed E-state index contributed by atoms with van der Waals surface area (Å²) in [5.41, 5.74) is 0. The van der Waals surface area contributed by atoms with E-state index in [4.69, 9.17) is 0 Å². The lowest BCUT2D eigenvalue weighted by Crippen LogP contribution is -2.25. The second kappa shape index (κ2) is 7.85. The Morgan fingerprint density at radius 3 is 2.44 bits per heavy atom. The van der Waals surface area contributed by atoms with Gasteiger partial charge in [-0.3, -0.25) is 9.59 Å². The van der Waals surface area contributed by atoms with Crippen molar-refractivity contribution in [1.29, 1.82) is 0 Å². The number of carbonyl (C=O) groups excluding carboxylic acids is 2. The normalized spacial score (nSPS) is 11.6. The molecule has 0 aliphatic carbocycles. The number of ketones is 1. The Hall–Kier alpha value is -1.38. The van der Waals surface area contributed by atoms with Gasteiger partial charge in [-0.25, -0.2) is 0 Å². The molecule has 0 radical (unpaired) electrons. The van der Waals surface area contributed by atoms with E-state index in [9.17, 15) is 9.59 Å². The van der Waals surface area contributed by atoms with E-state index in [0.29, 0.717) is 18.9 Å². The Balaban J connectivity index is 3.73. The number of rotatable bonds is 8. The van der Waals surface area contributed by atoms with Gasteiger partial charge in [0.25, 0.3) is 0 Å². The summed E-state index contributed by atoms with van der Waals surface area (Å²) in [7, 11) is 1.75. The molecule has 0 N–H and O–H groups in total. The van der Waals surface area contributed by atoms with Crippen molar-refractivity contribution in [2.75, 3.05) is 13.6 Å². The maximum Gasteiger partial charge on any atom is 0.245 e. The van der Waals surface area contributed by atoms with Crippen molar-refractivity contribution in [3.8, 4) is 0 Å². The number of allylic oxidation sites excluding steroid dienone is 1. The van der Waals surface area contributed by atoms with Crippen LogP contribution in [0.15, 0.2) is 25.3 Å². The molecule has 0 saturated carbocycles. The third-order valence-corrected chi connectivity index (χ3v) is 2.52. The highest BCUT2D eigenvalue weighted by Gasteiger charge is 2.08. The molecular weight excluding hydrogens is 202 g/mol. The zero-order valence-corrected chi connectivity index (χ0v) is 10.2. The van der Waals surface area contributed by atoms with E-state index in [2.05, 4.69) is 13.2 Å². The molecule has 0 aliphatic rings. The summed E-state index contributed by atoms with van der Waals surface area (Å²) in [6, 6.07) is 0. The van der Waals surface area contributed by atoms with Gasteiger partial charge < -0.3 is 4.90 Å². The molecular formula is C13H21NO2. The van der Waals surface area contributed by atoms with Gasteiger partial charge >= 0.3 is 0 Å². The number of hydrogen-bond acceptors (Lipinski definition) is 2. The summed E-state index contributed by atoms with van der Waals surface area (Å²) in [6.07, 6.45) is 5.06. The fourth-order valence-corrected chi connectivity index (χ4v) is 1.47. The molecule has 1 atom stereocenters. The van der Waals surface area contributed by atoms with E-state index in [1.807, 2.05) is 6.92 Å². The number of hydrogen-bond donors (Lipinski definition) is 0. The molecule has 0 heterocycles. The van der Waals surface area contributed by atoms with Crippen LogP contribution in [0.2, 0.25) is 0 Å². The molecule has 1 amide bonds. The van der Waals surface area contributed by atoms with Gasteiger partial charge in [0.05, 0.1) is 0 Å². The van der Waals surface area contributed by atoms with Crippen LogP contribution >= 0.6 is 0 Å². The molecule has 3 nitrogen and oxygen atoms in total. The smallest absolute Gasteiger partial charge is 0.245 e. The quantitative estimate of drug-likeness (QED) is 0.591. The van der Waals surface area contributed by atoms with Gasteiger partial charge in [0, 0.05) is 20.0 Å². The van der Waals surface area contributed by atoms with Crippen molar-refractivity contribution >= 4 is 11.7 Å². The lowest BCUT2D eigenvalue weighted by atomic mass is 9.99. The van der Waals surface area contributed by atoms with Gasteiger partial charge in [0.2, 0.25) is 5.91 Å². The minimum absolute atomic E-state index is 0.0604. The number of nitrogens with zero attached hydrogens (tertiary/aromatic N) is 1. The van der Waals surface area contributed by atoms with Crippen LogP contribution in [-0.4, -0.2) is 30.2 Å². The van der Waals surface area contributed by atoms with Crippen LogP contribution in [0, 0.1) is 5.92 Å². The first kappa shape index (κ1) is 14.6. The van der Waals surface area contributed by atoms with Crippen molar-refractivity contribution < 1.29 is 9.59 Å². The predicted octanol–water partition coefficient (Wildman–Crippen LogP) is 2.19. The van der Waals surface area contributed by atoms with E-state index in [-0.39, 0.29) is 11.7 Å². The summed E-state index contributed by atoms with van der Waals surface area (Å²) in [5.74, 6) is 0.371. The fourth-order valence-electron chi connectivity index (χ4n) is 1.47. The Labute approximate surface area is 97.8 Å². The molecule has 0 aromatic heterocycles. The van der Waals surface area contributed by atoms with Gasteiger partial charge in [0.1, 0.15) is 0 Å². The topological polar surface area (TPSA) is 37.4 Å². The van der Waals surface area contributed by atoms with Crippen molar-refractivity contribution in [2.24, 2.45) is 5.92 Å². The fraction of sp³-hybridized carbons (Fsp3) is 0.538. The molecule has 0 aliphatic heterocycles. The van der Waals surface area contributed by atoms with Crippen LogP contribution < -0.4 is 0 Å². The Morgan fingerprint density at radius 1 is 1.31 bits per heavy atom. The van der Waals surface area contributed by atoms with Crippen LogP contribution in [0.3, 0.4) is 0 Å². The standard InChI is InChI=1S/C13H21NO2/c1-5-12(15)10-11(3)8-7-9-14(4)13(16)6-2/h5-6,11H,1-2,7-10H2,3-4H3. The molecule has 3 heteroatoms. The van der Waals surface area contributed by atoms with Crippen molar-refractivity contribution in [2.45, 2.75) is 26.2 Å². The van der Waals surface area contributed by atoms with Crippen LogP contribution in [0.5, 0.6) is 0 Å². The number of carbonyl (C=O) groups is 2. The van der Waals surface area contributed by atoms with E-state index < -0.39 is 0 Å². The molecule has 0 aromatic carbocycles. The molecule has 0 saturated heterocycles. The van der Waals surface area contributed by atoms with Crippen molar-refractivity contribution in [1.82, 2.24) is 4.90 Å². The zero-order valence-electron chi connectivity index (χ0n) is 10.2. The summed E-state index contributed by atoms with van der Waals surface area (Å²) in [4.78, 5) is 23.9. The molecule has 0 rings (SSSR count). The Kier molecular flexibility index (Phi) is 7.18. The number of likely N-dealkylation sites (N-methyl/N-ethyl adjacent to an activating group) is 1. The minimum Gasteiger partial charge on any atom is -0.342 e. The summed E-state index contributed by atoms with van der Waals surface area (Å²) in [5, 5.41) is 0. The first-order valence-corrected chi connectivity index (χ1v) is 5.54. The highest BCUT2D eigenvalue weighted by molar-refractivity contribution is 5.89. The highest BCUT2D eigenvalue weighted by atomic mass is 16.2. The molecule has 1 unspecified atom stereocenters. The molecule has 0 aromatic rings. The molecule has 90 valence electrons. The maximum absolute atomic E-state index is 11.2. The predicted molar refractivity (Wildman–Crippen MR) is 66.1 cm³/mol. The van der Waals surface area contributed by atoms with Gasteiger partial charge in [-0.05, 0) is 30.9 Å². The first-order valence-electron chi connectivity index (χ1n) is 5.54. The summed E-state index contributed by atoms with van der Waals surface area (Å²) >= 11 is 0. The van der Waals surface area contributed by atoms with Gasteiger partial charge in [-0.1, -0.05) is 20.1 Å². The van der Waals surface area contributed by atoms with E-state index in [1.165, 1.54) is 12.2 Å². The third-order valence-electron chi connectivity index (χ3n) is 2.52. The van der Waals surface area contributed by atoms with Crippen LogP contribution in [-0.2, 0) is 9.59 Å². The largest absolute Gasteiger partial charge is 0.342 e. The average Bonchev–Trinajstić information content (AvgIpc) is 2.27. The summed E-state index contributed by atoms with van der Waals surface area (Å²) < 4.78 is 0. The zero-order chi connectivity index (χ0) is 12.6. The second-order valence-corrected chi connectivity index (χ2v) is 4.09. The minimum atomic E-state index is -0.0604. The van der Waals surface area contributed by atoms with Gasteiger partial charge in [-0.15, -0.1) is 0 Å². The second-order valence-electron chi connectivity index (χ2n) is 4.09. The highest BCUT2D eigenvalue weighted by Crippen LogP contribution is 2.11. The maximum atomic E-state index is 11.2. The lowest BCUT2D eigenvalue weighted by molar-refractivity contribution is -0.125.